The van der Waals surface area contributed by atoms with Crippen LogP contribution in [0.3, 0.4) is 0 Å². The fraction of sp³-hybridized carbons (Fsp3) is 0.250. The summed E-state index contributed by atoms with van der Waals surface area (Å²) in [6.07, 6.45) is 1.51. The number of amidine groups is 1. The third-order valence-corrected chi connectivity index (χ3v) is 4.02. The Morgan fingerprint density at radius 2 is 1.77 bits per heavy atom. The standard InChI is InChI=1S/C20H23N3O2S/c1-20(2,3)25-18(24)17-12-8-7-11-16(17)13-22-23-19(21)26-14-15-9-5-4-6-10-15/h4-13H,14H2,1-3H3,(H2,21,23). The van der Waals surface area contributed by atoms with Gasteiger partial charge in [0.15, 0.2) is 5.17 Å². The zero-order valence-corrected chi connectivity index (χ0v) is 16.0. The van der Waals surface area contributed by atoms with E-state index in [-0.39, 0.29) is 0 Å². The van der Waals surface area contributed by atoms with Crippen molar-refractivity contribution in [2.45, 2.75) is 32.1 Å². The molecule has 0 radical (unpaired) electrons. The quantitative estimate of drug-likeness (QED) is 0.370. The van der Waals surface area contributed by atoms with Crippen molar-refractivity contribution in [3.05, 3.63) is 71.3 Å². The van der Waals surface area contributed by atoms with Crippen molar-refractivity contribution in [3.63, 3.8) is 0 Å². The fourth-order valence-electron chi connectivity index (χ4n) is 2.04. The zero-order chi connectivity index (χ0) is 19.0. The number of ether oxygens (including phenoxy) is 1. The largest absolute Gasteiger partial charge is 0.456 e. The highest BCUT2D eigenvalue weighted by Crippen LogP contribution is 2.15. The van der Waals surface area contributed by atoms with E-state index in [4.69, 9.17) is 10.5 Å². The lowest BCUT2D eigenvalue weighted by molar-refractivity contribution is 0.00694. The number of nitrogens with zero attached hydrogens (tertiary/aromatic N) is 2. The Labute approximate surface area is 158 Å². The van der Waals surface area contributed by atoms with Crippen molar-refractivity contribution in [3.8, 4) is 0 Å². The number of benzene rings is 2. The molecule has 26 heavy (non-hydrogen) atoms. The molecule has 6 heteroatoms. The number of thioether (sulfide) groups is 1. The minimum atomic E-state index is -0.558. The first kappa shape index (κ1) is 19.7. The summed E-state index contributed by atoms with van der Waals surface area (Å²) in [7, 11) is 0. The first-order valence-corrected chi connectivity index (χ1v) is 9.19. The molecule has 0 unspecified atom stereocenters. The number of hydrogen-bond acceptors (Lipinski definition) is 5. The maximum absolute atomic E-state index is 12.3. The molecule has 0 fully saturated rings. The molecular weight excluding hydrogens is 346 g/mol. The summed E-state index contributed by atoms with van der Waals surface area (Å²) in [5.74, 6) is 0.329. The lowest BCUT2D eigenvalue weighted by atomic mass is 10.1. The number of carbonyl (C=O) groups excluding carboxylic acids is 1. The van der Waals surface area contributed by atoms with E-state index in [0.29, 0.717) is 16.3 Å². The highest BCUT2D eigenvalue weighted by atomic mass is 32.2. The average molecular weight is 369 g/mol. The van der Waals surface area contributed by atoms with Crippen molar-refractivity contribution >= 4 is 29.1 Å². The molecule has 0 bridgehead atoms. The molecule has 0 aliphatic rings. The molecule has 0 atom stereocenters. The Balaban J connectivity index is 2.02. The van der Waals surface area contributed by atoms with E-state index < -0.39 is 11.6 Å². The van der Waals surface area contributed by atoms with Gasteiger partial charge < -0.3 is 10.5 Å². The van der Waals surface area contributed by atoms with E-state index in [2.05, 4.69) is 10.2 Å². The lowest BCUT2D eigenvalue weighted by Crippen LogP contribution is -2.24. The second kappa shape index (κ2) is 9.20. The SMILES string of the molecule is CC(C)(C)OC(=O)c1ccccc1C=NN=C(N)SCc1ccccc1. The van der Waals surface area contributed by atoms with Crippen molar-refractivity contribution in [2.75, 3.05) is 0 Å². The molecule has 0 heterocycles. The van der Waals surface area contributed by atoms with Gasteiger partial charge in [0.25, 0.3) is 0 Å². The Kier molecular flexibility index (Phi) is 6.97. The number of esters is 1. The first-order chi connectivity index (χ1) is 12.3. The molecule has 2 aromatic carbocycles. The molecule has 2 rings (SSSR count). The third-order valence-electron chi connectivity index (χ3n) is 3.16. The Bertz CT molecular complexity index is 796. The molecular formula is C20H23N3O2S. The Hall–Kier alpha value is -2.60. The van der Waals surface area contributed by atoms with Crippen LogP contribution in [-0.4, -0.2) is 23.0 Å². The summed E-state index contributed by atoms with van der Waals surface area (Å²) in [6, 6.07) is 17.1. The van der Waals surface area contributed by atoms with E-state index in [1.54, 1.807) is 18.2 Å². The molecule has 2 aromatic rings. The monoisotopic (exact) mass is 369 g/mol. The maximum atomic E-state index is 12.3. The van der Waals surface area contributed by atoms with Crippen LogP contribution < -0.4 is 5.73 Å². The third kappa shape index (κ3) is 6.72. The van der Waals surface area contributed by atoms with Gasteiger partial charge in [0.05, 0.1) is 11.8 Å². The smallest absolute Gasteiger partial charge is 0.339 e. The average Bonchev–Trinajstić information content (AvgIpc) is 2.60. The van der Waals surface area contributed by atoms with Crippen LogP contribution in [0.2, 0.25) is 0 Å². The number of rotatable bonds is 5. The highest BCUT2D eigenvalue weighted by molar-refractivity contribution is 8.13. The van der Waals surface area contributed by atoms with Crippen LogP contribution in [0.25, 0.3) is 0 Å². The summed E-state index contributed by atoms with van der Waals surface area (Å²) >= 11 is 1.41. The van der Waals surface area contributed by atoms with Crippen molar-refractivity contribution < 1.29 is 9.53 Å². The summed E-state index contributed by atoms with van der Waals surface area (Å²) in [5, 5.41) is 8.35. The first-order valence-electron chi connectivity index (χ1n) is 8.21. The van der Waals surface area contributed by atoms with Crippen LogP contribution in [-0.2, 0) is 10.5 Å². The zero-order valence-electron chi connectivity index (χ0n) is 15.2. The molecule has 0 aromatic heterocycles. The van der Waals surface area contributed by atoms with E-state index in [9.17, 15) is 4.79 Å². The van der Waals surface area contributed by atoms with Gasteiger partial charge in [0.2, 0.25) is 0 Å². The van der Waals surface area contributed by atoms with Crippen LogP contribution >= 0.6 is 11.8 Å². The fourth-order valence-corrected chi connectivity index (χ4v) is 2.65. The van der Waals surface area contributed by atoms with E-state index >= 15 is 0 Å². The van der Waals surface area contributed by atoms with Crippen LogP contribution in [0.15, 0.2) is 64.8 Å². The molecule has 136 valence electrons. The molecule has 5 nitrogen and oxygen atoms in total. The molecule has 0 amide bonds. The Morgan fingerprint density at radius 3 is 2.46 bits per heavy atom. The molecule has 0 saturated carbocycles. The van der Waals surface area contributed by atoms with Crippen LogP contribution in [0.4, 0.5) is 0 Å². The summed E-state index contributed by atoms with van der Waals surface area (Å²) < 4.78 is 5.41. The topological polar surface area (TPSA) is 77.0 Å². The van der Waals surface area contributed by atoms with Gasteiger partial charge in [-0.05, 0) is 32.4 Å². The van der Waals surface area contributed by atoms with Gasteiger partial charge in [0, 0.05) is 11.3 Å². The van der Waals surface area contributed by atoms with Crippen LogP contribution in [0, 0.1) is 0 Å². The van der Waals surface area contributed by atoms with Crippen LogP contribution in [0.1, 0.15) is 42.3 Å². The van der Waals surface area contributed by atoms with Crippen LogP contribution in [0.5, 0.6) is 0 Å². The van der Waals surface area contributed by atoms with E-state index in [1.165, 1.54) is 18.0 Å². The van der Waals surface area contributed by atoms with Crippen molar-refractivity contribution in [1.29, 1.82) is 0 Å². The minimum Gasteiger partial charge on any atom is -0.456 e. The van der Waals surface area contributed by atoms with E-state index in [1.807, 2.05) is 57.2 Å². The Morgan fingerprint density at radius 1 is 1.12 bits per heavy atom. The second-order valence-corrected chi connectivity index (χ2v) is 7.54. The second-order valence-electron chi connectivity index (χ2n) is 6.55. The number of carbonyl (C=O) groups is 1. The predicted octanol–water partition coefficient (Wildman–Crippen LogP) is 4.22. The summed E-state index contributed by atoms with van der Waals surface area (Å²) in [4.78, 5) is 12.3. The van der Waals surface area contributed by atoms with Gasteiger partial charge in [-0.3, -0.25) is 0 Å². The lowest BCUT2D eigenvalue weighted by Gasteiger charge is -2.20. The van der Waals surface area contributed by atoms with E-state index in [0.717, 1.165) is 11.3 Å². The highest BCUT2D eigenvalue weighted by Gasteiger charge is 2.19. The molecule has 0 saturated heterocycles. The van der Waals surface area contributed by atoms with Gasteiger partial charge in [-0.2, -0.15) is 5.10 Å². The minimum absolute atomic E-state index is 0.361. The van der Waals surface area contributed by atoms with Crippen molar-refractivity contribution in [1.82, 2.24) is 0 Å². The van der Waals surface area contributed by atoms with Crippen molar-refractivity contribution in [2.24, 2.45) is 15.9 Å². The van der Waals surface area contributed by atoms with Gasteiger partial charge in [0.1, 0.15) is 5.60 Å². The number of hydrogen-bond donors (Lipinski definition) is 1. The summed E-state index contributed by atoms with van der Waals surface area (Å²) in [5.41, 5.74) is 7.55. The van der Waals surface area contributed by atoms with Gasteiger partial charge >= 0.3 is 5.97 Å². The van der Waals surface area contributed by atoms with Gasteiger partial charge in [-0.25, -0.2) is 4.79 Å². The predicted molar refractivity (Wildman–Crippen MR) is 109 cm³/mol. The maximum Gasteiger partial charge on any atom is 0.339 e. The molecule has 2 N–H and O–H groups in total. The number of nitrogens with two attached hydrogens (primary N) is 1. The normalized spacial score (nSPS) is 12.3. The molecule has 0 aliphatic carbocycles. The summed E-state index contributed by atoms with van der Waals surface area (Å²) in [6.45, 7) is 5.49. The molecule has 0 spiro atoms. The molecule has 0 aliphatic heterocycles. The van der Waals surface area contributed by atoms with Gasteiger partial charge in [-0.1, -0.05) is 60.3 Å². The van der Waals surface area contributed by atoms with Gasteiger partial charge in [-0.15, -0.1) is 5.10 Å².